The van der Waals surface area contributed by atoms with Crippen LogP contribution >= 0.6 is 0 Å². The van der Waals surface area contributed by atoms with Crippen molar-refractivity contribution in [3.8, 4) is 0 Å². The highest BCUT2D eigenvalue weighted by molar-refractivity contribution is 5.69. The Morgan fingerprint density at radius 2 is 1.96 bits per heavy atom. The summed E-state index contributed by atoms with van der Waals surface area (Å²) in [5.41, 5.74) is 1.06. The van der Waals surface area contributed by atoms with Crippen molar-refractivity contribution >= 4 is 5.97 Å². The van der Waals surface area contributed by atoms with Gasteiger partial charge in [-0.3, -0.25) is 15.0 Å². The Labute approximate surface area is 136 Å². The van der Waals surface area contributed by atoms with E-state index in [4.69, 9.17) is 5.11 Å². The zero-order valence-electron chi connectivity index (χ0n) is 13.5. The molecule has 3 rings (SSSR count). The van der Waals surface area contributed by atoms with Crippen molar-refractivity contribution in [3.63, 3.8) is 0 Å². The molecule has 1 aromatic rings. The van der Waals surface area contributed by atoms with Crippen molar-refractivity contribution in [2.45, 2.75) is 43.1 Å². The first-order valence-electron chi connectivity index (χ1n) is 8.15. The molecule has 1 heterocycles. The first kappa shape index (κ1) is 16.4. The van der Waals surface area contributed by atoms with Crippen LogP contribution in [0.2, 0.25) is 0 Å². The summed E-state index contributed by atoms with van der Waals surface area (Å²) in [6, 6.07) is 10.5. The van der Waals surface area contributed by atoms with Crippen molar-refractivity contribution in [3.05, 3.63) is 35.9 Å². The van der Waals surface area contributed by atoms with Gasteiger partial charge in [-0.25, -0.2) is 0 Å². The molecule has 6 heteroatoms. The monoisotopic (exact) mass is 319 g/mol. The Morgan fingerprint density at radius 1 is 1.30 bits per heavy atom. The van der Waals surface area contributed by atoms with E-state index in [-0.39, 0.29) is 17.6 Å². The predicted molar refractivity (Wildman–Crippen MR) is 86.7 cm³/mol. The average molecular weight is 319 g/mol. The van der Waals surface area contributed by atoms with Gasteiger partial charge in [-0.05, 0) is 38.3 Å². The van der Waals surface area contributed by atoms with Gasteiger partial charge in [0.15, 0.2) is 6.35 Å². The molecule has 0 amide bonds. The minimum Gasteiger partial charge on any atom is -0.480 e. The normalized spacial score (nSPS) is 34.8. The van der Waals surface area contributed by atoms with Gasteiger partial charge in [0.1, 0.15) is 0 Å². The van der Waals surface area contributed by atoms with E-state index < -0.39 is 12.3 Å². The number of carboxylic acid groups (broad SMARTS) is 1. The molecule has 1 saturated heterocycles. The molecule has 1 saturated carbocycles. The summed E-state index contributed by atoms with van der Waals surface area (Å²) in [7, 11) is 2.00. The fourth-order valence-corrected chi connectivity index (χ4v) is 4.10. The number of nitrogens with one attached hydrogen (secondary N) is 2. The van der Waals surface area contributed by atoms with Crippen molar-refractivity contribution in [1.29, 1.82) is 0 Å². The molecule has 23 heavy (non-hydrogen) atoms. The SMILES string of the molecule is CN[C@]1(c2ccccc2)CC[C@]2(CC1)CN(CC(=O)O)C(O)N2. The van der Waals surface area contributed by atoms with E-state index in [1.54, 1.807) is 4.90 Å². The molecule has 0 aromatic heterocycles. The van der Waals surface area contributed by atoms with E-state index in [0.717, 1.165) is 25.7 Å². The minimum atomic E-state index is -0.910. The van der Waals surface area contributed by atoms with Crippen LogP contribution in [0, 0.1) is 0 Å². The molecule has 2 aliphatic rings. The third kappa shape index (κ3) is 3.12. The van der Waals surface area contributed by atoms with E-state index >= 15 is 0 Å². The quantitative estimate of drug-likeness (QED) is 0.653. The van der Waals surface area contributed by atoms with Crippen LogP contribution in [0.15, 0.2) is 30.3 Å². The standard InChI is InChI=1S/C17H25N3O3/c1-18-17(13-5-3-2-4-6-13)9-7-16(8-10-17)12-20(11-14(21)22)15(23)19-16/h2-6,15,18-19,23H,7-12H2,1H3,(H,21,22)/t15?,16-,17+. The predicted octanol–water partition coefficient (Wildman–Crippen LogP) is 0.680. The number of aliphatic hydroxyl groups is 1. The fraction of sp³-hybridized carbons (Fsp3) is 0.588. The first-order valence-corrected chi connectivity index (χ1v) is 8.15. The minimum absolute atomic E-state index is 0.0423. The van der Waals surface area contributed by atoms with Gasteiger partial charge in [0.2, 0.25) is 0 Å². The molecule has 4 N–H and O–H groups in total. The number of rotatable bonds is 4. The summed E-state index contributed by atoms with van der Waals surface area (Å²) in [6.07, 6.45) is 2.83. The number of aliphatic carboxylic acids is 1. The molecule has 0 radical (unpaired) electrons. The summed E-state index contributed by atoms with van der Waals surface area (Å²) < 4.78 is 0. The molecule has 1 aliphatic carbocycles. The number of hydrogen-bond acceptors (Lipinski definition) is 5. The molecule has 2 fully saturated rings. The third-order valence-corrected chi connectivity index (χ3v) is 5.49. The van der Waals surface area contributed by atoms with Crippen LogP contribution in [0.25, 0.3) is 0 Å². The lowest BCUT2D eigenvalue weighted by atomic mass is 9.69. The summed E-state index contributed by atoms with van der Waals surface area (Å²) in [5.74, 6) is -0.910. The lowest BCUT2D eigenvalue weighted by molar-refractivity contribution is -0.140. The lowest BCUT2D eigenvalue weighted by Gasteiger charge is -2.45. The maximum atomic E-state index is 10.9. The summed E-state index contributed by atoms with van der Waals surface area (Å²) in [6.45, 7) is 0.445. The second-order valence-electron chi connectivity index (χ2n) is 6.80. The maximum absolute atomic E-state index is 10.9. The Morgan fingerprint density at radius 3 is 2.52 bits per heavy atom. The number of carbonyl (C=O) groups is 1. The van der Waals surface area contributed by atoms with Gasteiger partial charge in [-0.2, -0.15) is 0 Å². The van der Waals surface area contributed by atoms with Gasteiger partial charge in [-0.1, -0.05) is 30.3 Å². The number of nitrogens with zero attached hydrogens (tertiary/aromatic N) is 1. The fourth-order valence-electron chi connectivity index (χ4n) is 4.10. The molecule has 0 bridgehead atoms. The molecule has 1 unspecified atom stereocenters. The molecular weight excluding hydrogens is 294 g/mol. The van der Waals surface area contributed by atoms with E-state index in [2.05, 4.69) is 34.9 Å². The zero-order valence-corrected chi connectivity index (χ0v) is 13.5. The summed E-state index contributed by atoms with van der Waals surface area (Å²) in [4.78, 5) is 12.5. The Kier molecular flexibility index (Phi) is 4.42. The smallest absolute Gasteiger partial charge is 0.317 e. The number of benzene rings is 1. The van der Waals surface area contributed by atoms with Gasteiger partial charge in [0.25, 0.3) is 0 Å². The van der Waals surface area contributed by atoms with Gasteiger partial charge in [-0.15, -0.1) is 0 Å². The molecular formula is C17H25N3O3. The Hall–Kier alpha value is -1.47. The van der Waals surface area contributed by atoms with Crippen molar-refractivity contribution in [1.82, 2.24) is 15.5 Å². The Bertz CT molecular complexity index is 555. The average Bonchev–Trinajstić information content (AvgIpc) is 2.84. The van der Waals surface area contributed by atoms with Crippen LogP contribution < -0.4 is 10.6 Å². The van der Waals surface area contributed by atoms with Gasteiger partial charge in [0, 0.05) is 17.6 Å². The number of carboxylic acids is 1. The van der Waals surface area contributed by atoms with Crippen molar-refractivity contribution < 1.29 is 15.0 Å². The Balaban J connectivity index is 1.72. The van der Waals surface area contributed by atoms with Gasteiger partial charge in [0.05, 0.1) is 6.54 Å². The van der Waals surface area contributed by atoms with Crippen LogP contribution in [-0.4, -0.2) is 53.1 Å². The van der Waals surface area contributed by atoms with E-state index in [1.165, 1.54) is 5.56 Å². The molecule has 1 spiro atoms. The van der Waals surface area contributed by atoms with E-state index in [0.29, 0.717) is 6.54 Å². The number of hydrogen-bond donors (Lipinski definition) is 4. The lowest BCUT2D eigenvalue weighted by Crippen LogP contribution is -2.54. The van der Waals surface area contributed by atoms with Gasteiger partial charge >= 0.3 is 5.97 Å². The topological polar surface area (TPSA) is 84.8 Å². The highest BCUT2D eigenvalue weighted by atomic mass is 16.4. The van der Waals surface area contributed by atoms with Crippen LogP contribution in [-0.2, 0) is 10.3 Å². The van der Waals surface area contributed by atoms with Crippen LogP contribution in [0.3, 0.4) is 0 Å². The van der Waals surface area contributed by atoms with Crippen molar-refractivity contribution in [2.75, 3.05) is 20.1 Å². The summed E-state index contributed by atoms with van der Waals surface area (Å²) in [5, 5.41) is 25.8. The van der Waals surface area contributed by atoms with Crippen molar-refractivity contribution in [2.24, 2.45) is 0 Å². The molecule has 1 aromatic carbocycles. The zero-order chi connectivity index (χ0) is 16.5. The van der Waals surface area contributed by atoms with E-state index in [1.807, 2.05) is 13.1 Å². The van der Waals surface area contributed by atoms with Crippen LogP contribution in [0.4, 0.5) is 0 Å². The van der Waals surface area contributed by atoms with Gasteiger partial charge < -0.3 is 15.5 Å². The molecule has 126 valence electrons. The first-order chi connectivity index (χ1) is 11.0. The second kappa shape index (κ2) is 6.20. The van der Waals surface area contributed by atoms with Crippen LogP contribution in [0.5, 0.6) is 0 Å². The molecule has 6 nitrogen and oxygen atoms in total. The highest BCUT2D eigenvalue weighted by Crippen LogP contribution is 2.43. The maximum Gasteiger partial charge on any atom is 0.317 e. The largest absolute Gasteiger partial charge is 0.480 e. The van der Waals surface area contributed by atoms with E-state index in [9.17, 15) is 9.90 Å². The highest BCUT2D eigenvalue weighted by Gasteiger charge is 2.48. The molecule has 1 aliphatic heterocycles. The third-order valence-electron chi connectivity index (χ3n) is 5.49. The number of aliphatic hydroxyl groups excluding tert-OH is 1. The van der Waals surface area contributed by atoms with Crippen LogP contribution in [0.1, 0.15) is 31.2 Å². The second-order valence-corrected chi connectivity index (χ2v) is 6.80. The molecule has 1 atom stereocenters. The summed E-state index contributed by atoms with van der Waals surface area (Å²) >= 11 is 0.